The molecule has 0 saturated carbocycles. The first kappa shape index (κ1) is 10.5. The molecule has 4 nitrogen and oxygen atoms in total. The number of aromatic hydroxyl groups is 1. The molecule has 0 aliphatic carbocycles. The summed E-state index contributed by atoms with van der Waals surface area (Å²) in [6.45, 7) is 3.80. The molecule has 16 heavy (non-hydrogen) atoms. The number of hydrogen-bond acceptors (Lipinski definition) is 4. The molecule has 0 radical (unpaired) electrons. The Morgan fingerprint density at radius 1 is 1.44 bits per heavy atom. The lowest BCUT2D eigenvalue weighted by Gasteiger charge is -1.96. The van der Waals surface area contributed by atoms with Crippen LogP contribution in [0.2, 0.25) is 0 Å². The number of rotatable bonds is 2. The van der Waals surface area contributed by atoms with E-state index in [2.05, 4.69) is 0 Å². The molecule has 0 fully saturated rings. The van der Waals surface area contributed by atoms with Crippen molar-refractivity contribution in [2.45, 2.75) is 13.8 Å². The number of benzene rings is 1. The third kappa shape index (κ3) is 1.74. The Labute approximate surface area is 92.4 Å². The molecule has 0 spiro atoms. The van der Waals surface area contributed by atoms with Gasteiger partial charge in [0.05, 0.1) is 6.61 Å². The zero-order valence-electron chi connectivity index (χ0n) is 9.11. The van der Waals surface area contributed by atoms with E-state index in [-0.39, 0.29) is 11.5 Å². The molecule has 4 heteroatoms. The molecule has 0 saturated heterocycles. The molecular formula is C12H12O4. The minimum atomic E-state index is -0.490. The zero-order valence-corrected chi connectivity index (χ0v) is 9.11. The van der Waals surface area contributed by atoms with Crippen LogP contribution < -0.4 is 0 Å². The molecular weight excluding hydrogens is 208 g/mol. The predicted octanol–water partition coefficient (Wildman–Crippen LogP) is 2.62. The van der Waals surface area contributed by atoms with Crippen molar-refractivity contribution in [3.05, 3.63) is 29.5 Å². The van der Waals surface area contributed by atoms with Crippen LogP contribution in [0.4, 0.5) is 0 Å². The molecule has 0 aliphatic rings. The fraction of sp³-hybridized carbons (Fsp3) is 0.250. The van der Waals surface area contributed by atoms with Crippen LogP contribution in [0.25, 0.3) is 11.0 Å². The first-order valence-electron chi connectivity index (χ1n) is 5.02. The van der Waals surface area contributed by atoms with Gasteiger partial charge in [-0.2, -0.15) is 0 Å². The third-order valence-electron chi connectivity index (χ3n) is 2.31. The van der Waals surface area contributed by atoms with Crippen molar-refractivity contribution in [2.75, 3.05) is 6.61 Å². The van der Waals surface area contributed by atoms with Crippen molar-refractivity contribution < 1.29 is 19.1 Å². The molecule has 1 N–H and O–H groups in total. The van der Waals surface area contributed by atoms with E-state index in [1.165, 1.54) is 0 Å². The van der Waals surface area contributed by atoms with Gasteiger partial charge >= 0.3 is 5.97 Å². The van der Waals surface area contributed by atoms with Crippen molar-refractivity contribution in [2.24, 2.45) is 0 Å². The topological polar surface area (TPSA) is 59.7 Å². The number of phenolic OH excluding ortho intramolecular Hbond substituents is 1. The number of carbonyl (C=O) groups is 1. The van der Waals surface area contributed by atoms with Gasteiger partial charge in [0.25, 0.3) is 0 Å². The Balaban J connectivity index is 2.48. The molecule has 2 rings (SSSR count). The minimum Gasteiger partial charge on any atom is -0.508 e. The molecule has 1 aromatic carbocycles. The number of hydrogen-bond donors (Lipinski definition) is 1. The van der Waals surface area contributed by atoms with Gasteiger partial charge < -0.3 is 14.3 Å². The summed E-state index contributed by atoms with van der Waals surface area (Å²) in [4.78, 5) is 11.4. The summed E-state index contributed by atoms with van der Waals surface area (Å²) in [6, 6.07) is 4.82. The maximum Gasteiger partial charge on any atom is 0.374 e. The zero-order chi connectivity index (χ0) is 11.7. The van der Waals surface area contributed by atoms with Crippen molar-refractivity contribution in [3.8, 4) is 5.75 Å². The lowest BCUT2D eigenvalue weighted by atomic mass is 10.1. The largest absolute Gasteiger partial charge is 0.508 e. The van der Waals surface area contributed by atoms with Gasteiger partial charge in [-0.3, -0.25) is 0 Å². The van der Waals surface area contributed by atoms with E-state index in [9.17, 15) is 9.90 Å². The standard InChI is InChI=1S/C12H12O4/c1-3-15-12(14)11-6-8-5-9(13)7(2)4-10(8)16-11/h4-6,13H,3H2,1-2H3. The minimum absolute atomic E-state index is 0.154. The van der Waals surface area contributed by atoms with Crippen LogP contribution in [-0.4, -0.2) is 17.7 Å². The fourth-order valence-electron chi connectivity index (χ4n) is 1.48. The highest BCUT2D eigenvalue weighted by molar-refractivity contribution is 5.93. The van der Waals surface area contributed by atoms with E-state index >= 15 is 0 Å². The number of ether oxygens (including phenoxy) is 1. The summed E-state index contributed by atoms with van der Waals surface area (Å²) in [5.74, 6) is -0.151. The summed E-state index contributed by atoms with van der Waals surface area (Å²) >= 11 is 0. The fourth-order valence-corrected chi connectivity index (χ4v) is 1.48. The molecule has 0 unspecified atom stereocenters. The van der Waals surface area contributed by atoms with Gasteiger partial charge in [0.2, 0.25) is 5.76 Å². The van der Waals surface area contributed by atoms with Crippen molar-refractivity contribution >= 4 is 16.9 Å². The van der Waals surface area contributed by atoms with E-state index in [1.807, 2.05) is 0 Å². The van der Waals surface area contributed by atoms with Gasteiger partial charge in [0.1, 0.15) is 11.3 Å². The lowest BCUT2D eigenvalue weighted by Crippen LogP contribution is -2.02. The summed E-state index contributed by atoms with van der Waals surface area (Å²) in [5.41, 5.74) is 1.27. The first-order chi connectivity index (χ1) is 7.61. The Kier molecular flexibility index (Phi) is 2.56. The number of esters is 1. The second kappa shape index (κ2) is 3.89. The van der Waals surface area contributed by atoms with E-state index < -0.39 is 5.97 Å². The molecule has 0 aliphatic heterocycles. The average Bonchev–Trinajstić information content (AvgIpc) is 2.62. The maximum absolute atomic E-state index is 11.4. The van der Waals surface area contributed by atoms with E-state index in [0.29, 0.717) is 23.1 Å². The highest BCUT2D eigenvalue weighted by Gasteiger charge is 2.14. The summed E-state index contributed by atoms with van der Waals surface area (Å²) < 4.78 is 10.2. The Bertz CT molecular complexity index is 500. The van der Waals surface area contributed by atoms with E-state index in [1.54, 1.807) is 32.0 Å². The number of carbonyl (C=O) groups excluding carboxylic acids is 1. The molecule has 1 heterocycles. The second-order valence-corrected chi connectivity index (χ2v) is 3.51. The lowest BCUT2D eigenvalue weighted by molar-refractivity contribution is 0.0492. The van der Waals surface area contributed by atoms with Crippen LogP contribution in [0.3, 0.4) is 0 Å². The van der Waals surface area contributed by atoms with Crippen molar-refractivity contribution in [3.63, 3.8) is 0 Å². The van der Waals surface area contributed by atoms with Crippen LogP contribution >= 0.6 is 0 Å². The molecule has 0 bridgehead atoms. The van der Waals surface area contributed by atoms with Gasteiger partial charge in [-0.15, -0.1) is 0 Å². The predicted molar refractivity (Wildman–Crippen MR) is 58.6 cm³/mol. The van der Waals surface area contributed by atoms with Crippen LogP contribution in [0, 0.1) is 6.92 Å². The number of phenols is 1. The molecule has 0 atom stereocenters. The molecule has 1 aromatic heterocycles. The Hall–Kier alpha value is -1.97. The Morgan fingerprint density at radius 3 is 2.88 bits per heavy atom. The molecule has 84 valence electrons. The van der Waals surface area contributed by atoms with Gasteiger partial charge in [-0.25, -0.2) is 4.79 Å². The summed E-state index contributed by atoms with van der Waals surface area (Å²) in [5, 5.41) is 10.2. The quantitative estimate of drug-likeness (QED) is 0.790. The van der Waals surface area contributed by atoms with Gasteiger partial charge in [0.15, 0.2) is 0 Å². The molecule has 2 aromatic rings. The van der Waals surface area contributed by atoms with Gasteiger partial charge in [0, 0.05) is 5.39 Å². The number of aryl methyl sites for hydroxylation is 1. The second-order valence-electron chi connectivity index (χ2n) is 3.51. The highest BCUT2D eigenvalue weighted by Crippen LogP contribution is 2.27. The highest BCUT2D eigenvalue weighted by atomic mass is 16.5. The van der Waals surface area contributed by atoms with Crippen LogP contribution in [0.1, 0.15) is 23.0 Å². The average molecular weight is 220 g/mol. The monoisotopic (exact) mass is 220 g/mol. The maximum atomic E-state index is 11.4. The van der Waals surface area contributed by atoms with Gasteiger partial charge in [-0.1, -0.05) is 0 Å². The summed E-state index contributed by atoms with van der Waals surface area (Å²) in [7, 11) is 0. The number of furan rings is 1. The van der Waals surface area contributed by atoms with Crippen molar-refractivity contribution in [1.82, 2.24) is 0 Å². The normalized spacial score (nSPS) is 10.6. The van der Waals surface area contributed by atoms with Gasteiger partial charge in [-0.05, 0) is 37.6 Å². The smallest absolute Gasteiger partial charge is 0.374 e. The van der Waals surface area contributed by atoms with E-state index in [0.717, 1.165) is 0 Å². The van der Waals surface area contributed by atoms with Crippen LogP contribution in [-0.2, 0) is 4.74 Å². The molecule has 0 amide bonds. The van der Waals surface area contributed by atoms with Crippen LogP contribution in [0.5, 0.6) is 5.75 Å². The number of fused-ring (bicyclic) bond motifs is 1. The van der Waals surface area contributed by atoms with E-state index in [4.69, 9.17) is 9.15 Å². The van der Waals surface area contributed by atoms with Crippen LogP contribution in [0.15, 0.2) is 22.6 Å². The summed E-state index contributed by atoms with van der Waals surface area (Å²) in [6.07, 6.45) is 0. The first-order valence-corrected chi connectivity index (χ1v) is 5.02. The SMILES string of the molecule is CCOC(=O)c1cc2cc(O)c(C)cc2o1. The Morgan fingerprint density at radius 2 is 2.19 bits per heavy atom. The third-order valence-corrected chi connectivity index (χ3v) is 2.31. The van der Waals surface area contributed by atoms with Crippen molar-refractivity contribution in [1.29, 1.82) is 0 Å².